The van der Waals surface area contributed by atoms with Crippen LogP contribution in [-0.2, 0) is 42.3 Å². The van der Waals surface area contributed by atoms with E-state index in [4.69, 9.17) is 0 Å². The predicted octanol–water partition coefficient (Wildman–Crippen LogP) is 2.24. The minimum Gasteiger partial charge on any atom is -0.312 e. The van der Waals surface area contributed by atoms with Crippen molar-refractivity contribution >= 4 is 21.0 Å². The van der Waals surface area contributed by atoms with Crippen LogP contribution >= 0.6 is 0 Å². The van der Waals surface area contributed by atoms with E-state index in [0.29, 0.717) is 0 Å². The van der Waals surface area contributed by atoms with Crippen molar-refractivity contribution < 1.29 is 21.6 Å². The Bertz CT molecular complexity index is 1640. The average molecular weight is 508 g/mol. The molecule has 0 spiro atoms. The molecule has 3 heterocycles. The Morgan fingerprint density at radius 1 is 1.03 bits per heavy atom. The first kappa shape index (κ1) is 24.3. The van der Waals surface area contributed by atoms with Crippen LogP contribution in [0.2, 0.25) is 0 Å². The molecule has 10 nitrogen and oxygen atoms in total. The molecule has 1 aliphatic rings. The molecule has 0 amide bonds. The molecule has 2 aromatic heterocycles. The molecule has 3 aromatic rings. The molecule has 0 fully saturated rings. The van der Waals surface area contributed by atoms with Crippen molar-refractivity contribution in [3.05, 3.63) is 80.7 Å². The lowest BCUT2D eigenvalue weighted by Crippen LogP contribution is -2.38. The maximum atomic E-state index is 14.1. The third-order valence-corrected chi connectivity index (χ3v) is 7.32. The first-order valence-electron chi connectivity index (χ1n) is 10.1. The molecule has 1 unspecified atom stereocenters. The van der Waals surface area contributed by atoms with Crippen molar-refractivity contribution in [2.75, 3.05) is 0 Å². The van der Waals surface area contributed by atoms with Crippen molar-refractivity contribution in [3.8, 4) is 0 Å². The molecule has 1 aliphatic heterocycles. The highest BCUT2D eigenvalue weighted by atomic mass is 32.2. The summed E-state index contributed by atoms with van der Waals surface area (Å²) in [6.07, 6.45) is -0.425. The lowest BCUT2D eigenvalue weighted by atomic mass is 9.88. The van der Waals surface area contributed by atoms with Gasteiger partial charge in [0.1, 0.15) is 0 Å². The van der Waals surface area contributed by atoms with Gasteiger partial charge in [-0.25, -0.2) is 13.2 Å². The number of nitrogens with zero attached hydrogens (tertiary/aromatic N) is 6. The minimum absolute atomic E-state index is 0.0424. The van der Waals surface area contributed by atoms with Gasteiger partial charge in [-0.1, -0.05) is 30.3 Å². The summed E-state index contributed by atoms with van der Waals surface area (Å²) in [4.78, 5) is 28.8. The van der Waals surface area contributed by atoms with Crippen LogP contribution in [0.15, 0.2) is 73.7 Å². The summed E-state index contributed by atoms with van der Waals surface area (Å²) in [5.74, 6) is -0.709. The van der Waals surface area contributed by atoms with Crippen LogP contribution in [-0.4, -0.2) is 33.3 Å². The van der Waals surface area contributed by atoms with Gasteiger partial charge in [0.05, 0.1) is 5.75 Å². The summed E-state index contributed by atoms with van der Waals surface area (Å²) in [6.45, 7) is 0. The van der Waals surface area contributed by atoms with Gasteiger partial charge < -0.3 is 4.57 Å². The second-order valence-electron chi connectivity index (χ2n) is 7.97. The van der Waals surface area contributed by atoms with Gasteiger partial charge in [-0.15, -0.1) is 0 Å². The zero-order valence-corrected chi connectivity index (χ0v) is 19.5. The molecular formula is C21H19F3N6O4S. The van der Waals surface area contributed by atoms with Gasteiger partial charge in [0, 0.05) is 27.3 Å². The van der Waals surface area contributed by atoms with E-state index in [9.17, 15) is 31.2 Å². The molecule has 0 saturated heterocycles. The van der Waals surface area contributed by atoms with Crippen LogP contribution in [0.1, 0.15) is 11.1 Å². The van der Waals surface area contributed by atoms with Crippen molar-refractivity contribution in [3.63, 3.8) is 0 Å². The molecule has 1 aromatic carbocycles. The number of aromatic nitrogens is 4. The highest BCUT2D eigenvalue weighted by Crippen LogP contribution is 2.45. The summed E-state index contributed by atoms with van der Waals surface area (Å²) in [7, 11) is -0.343. The second-order valence-corrected chi connectivity index (χ2v) is 9.85. The van der Waals surface area contributed by atoms with E-state index in [-0.39, 0.29) is 22.3 Å². The Morgan fingerprint density at radius 3 is 2.43 bits per heavy atom. The summed E-state index contributed by atoms with van der Waals surface area (Å²) in [5.41, 5.74) is -4.71. The van der Waals surface area contributed by atoms with Crippen molar-refractivity contribution in [1.82, 2.24) is 18.7 Å². The molecule has 184 valence electrons. The van der Waals surface area contributed by atoms with Gasteiger partial charge in [-0.3, -0.25) is 13.9 Å². The summed E-state index contributed by atoms with van der Waals surface area (Å²) in [5, 5.41) is 6.42. The smallest absolute Gasteiger partial charge is 0.312 e. The number of azo groups is 1. The number of halogens is 3. The zero-order valence-electron chi connectivity index (χ0n) is 18.7. The molecule has 14 heteroatoms. The van der Waals surface area contributed by atoms with Crippen LogP contribution in [0.3, 0.4) is 0 Å². The number of hydrogen-bond acceptors (Lipinski definition) is 7. The summed E-state index contributed by atoms with van der Waals surface area (Å²) < 4.78 is 71.7. The average Bonchev–Trinajstić information content (AvgIpc) is 2.96. The Morgan fingerprint density at radius 2 is 1.74 bits per heavy atom. The van der Waals surface area contributed by atoms with Gasteiger partial charge in [0.25, 0.3) is 5.56 Å². The Kier molecular flexibility index (Phi) is 5.66. The van der Waals surface area contributed by atoms with Crippen LogP contribution in [0.5, 0.6) is 0 Å². The summed E-state index contributed by atoms with van der Waals surface area (Å²) in [6, 6.07) is 4.94. The standard InChI is InChI=1S/C21H19F3N6O4S/c1-28-15-16(29(2)19(32)30(3)17(15)31)26-18(28)35(33,34)12-13-7-6-8-14(11-13)20(21(22,23)24)9-4-5-10-25-27-20/h4-11H,12H2,1-3H3. The molecule has 1 atom stereocenters. The molecular weight excluding hydrogens is 489 g/mol. The number of benzene rings is 1. The molecule has 0 aliphatic carbocycles. The number of alkyl halides is 3. The van der Waals surface area contributed by atoms with Gasteiger partial charge in [0.2, 0.25) is 20.5 Å². The third-order valence-electron chi connectivity index (χ3n) is 5.69. The molecule has 35 heavy (non-hydrogen) atoms. The van der Waals surface area contributed by atoms with Crippen molar-refractivity contribution in [1.29, 1.82) is 0 Å². The maximum Gasteiger partial charge on any atom is 0.423 e. The predicted molar refractivity (Wildman–Crippen MR) is 119 cm³/mol. The molecule has 0 saturated carbocycles. The monoisotopic (exact) mass is 508 g/mol. The maximum absolute atomic E-state index is 14.1. The molecule has 0 bridgehead atoms. The first-order valence-corrected chi connectivity index (χ1v) is 11.7. The fraction of sp³-hybridized carbons (Fsp3) is 0.286. The SMILES string of the molecule is Cn1c(=O)c2c(nc(S(=O)(=O)Cc3cccc(C4(C(F)(F)F)C=CC=CN=N4)c3)n2C)n(C)c1=O. The third kappa shape index (κ3) is 3.83. The normalized spacial score (nSPS) is 18.3. The van der Waals surface area contributed by atoms with E-state index in [1.807, 2.05) is 0 Å². The van der Waals surface area contributed by atoms with E-state index in [0.717, 1.165) is 32.0 Å². The number of imidazole rings is 1. The Balaban J connectivity index is 1.82. The molecule has 4 rings (SSSR count). The van der Waals surface area contributed by atoms with E-state index < -0.39 is 43.7 Å². The van der Waals surface area contributed by atoms with Crippen LogP contribution in [0.25, 0.3) is 11.2 Å². The van der Waals surface area contributed by atoms with E-state index >= 15 is 0 Å². The largest absolute Gasteiger partial charge is 0.423 e. The number of fused-ring (bicyclic) bond motifs is 1. The molecule has 0 radical (unpaired) electrons. The van der Waals surface area contributed by atoms with E-state index in [1.165, 1.54) is 51.5 Å². The Labute approximate surface area is 196 Å². The number of rotatable bonds is 4. The number of aryl methyl sites for hydroxylation is 2. The van der Waals surface area contributed by atoms with Crippen molar-refractivity contribution in [2.24, 2.45) is 31.4 Å². The topological polar surface area (TPSA) is 121 Å². The zero-order chi connectivity index (χ0) is 25.8. The molecule has 0 N–H and O–H groups in total. The first-order chi connectivity index (χ1) is 16.3. The van der Waals surface area contributed by atoms with E-state index in [1.54, 1.807) is 0 Å². The quantitative estimate of drug-likeness (QED) is 0.535. The van der Waals surface area contributed by atoms with Gasteiger partial charge in [0.15, 0.2) is 11.2 Å². The highest BCUT2D eigenvalue weighted by Gasteiger charge is 2.55. The minimum atomic E-state index is -4.85. The number of hydrogen-bond donors (Lipinski definition) is 0. The lowest BCUT2D eigenvalue weighted by Gasteiger charge is -2.28. The fourth-order valence-corrected chi connectivity index (χ4v) is 5.35. The lowest BCUT2D eigenvalue weighted by molar-refractivity contribution is -0.175. The van der Waals surface area contributed by atoms with Crippen molar-refractivity contribution in [2.45, 2.75) is 22.6 Å². The number of sulfone groups is 1. The van der Waals surface area contributed by atoms with Gasteiger partial charge in [-0.2, -0.15) is 28.4 Å². The second kappa shape index (κ2) is 8.15. The van der Waals surface area contributed by atoms with E-state index in [2.05, 4.69) is 15.2 Å². The summed E-state index contributed by atoms with van der Waals surface area (Å²) >= 11 is 0. The van der Waals surface area contributed by atoms with Crippen LogP contribution in [0, 0.1) is 0 Å². The Hall–Kier alpha value is -3.81. The van der Waals surface area contributed by atoms with Gasteiger partial charge in [-0.05, 0) is 23.3 Å². The van der Waals surface area contributed by atoms with Crippen LogP contribution in [0.4, 0.5) is 13.2 Å². The highest BCUT2D eigenvalue weighted by molar-refractivity contribution is 7.90. The van der Waals surface area contributed by atoms with Crippen LogP contribution < -0.4 is 11.2 Å². The fourth-order valence-electron chi connectivity index (χ4n) is 3.87. The van der Waals surface area contributed by atoms with Gasteiger partial charge >= 0.3 is 11.9 Å². The number of allylic oxidation sites excluding steroid dienone is 2.